The van der Waals surface area contributed by atoms with Crippen LogP contribution in [-0.2, 0) is 6.54 Å². The van der Waals surface area contributed by atoms with E-state index in [2.05, 4.69) is 44.0 Å². The Labute approximate surface area is 107 Å². The Bertz CT molecular complexity index is 655. The molecule has 0 spiro atoms. The molecule has 0 saturated heterocycles. The van der Waals surface area contributed by atoms with Gasteiger partial charge in [0.05, 0.1) is 17.6 Å². The van der Waals surface area contributed by atoms with Gasteiger partial charge in [-0.3, -0.25) is 4.68 Å². The van der Waals surface area contributed by atoms with Gasteiger partial charge in [0.1, 0.15) is 5.82 Å². The largest absolute Gasteiger partial charge is 0.340 e. The average Bonchev–Trinajstić information content (AvgIpc) is 2.87. The van der Waals surface area contributed by atoms with E-state index in [4.69, 9.17) is 0 Å². The van der Waals surface area contributed by atoms with Crippen LogP contribution in [0.25, 0.3) is 11.0 Å². The lowest BCUT2D eigenvalue weighted by atomic mass is 10.2. The van der Waals surface area contributed by atoms with Gasteiger partial charge in [-0.1, -0.05) is 15.9 Å². The average molecular weight is 291 g/mol. The summed E-state index contributed by atoms with van der Waals surface area (Å²) < 4.78 is 2.92. The molecule has 1 N–H and O–H groups in total. The third-order valence-corrected chi connectivity index (χ3v) is 3.12. The molecule has 3 aromatic rings. The summed E-state index contributed by atoms with van der Waals surface area (Å²) in [6, 6.07) is 6.02. The first-order chi connectivity index (χ1) is 8.22. The molecule has 0 saturated carbocycles. The number of imidazole rings is 1. The normalized spacial score (nSPS) is 11.2. The predicted octanol–water partition coefficient (Wildman–Crippen LogP) is 2.88. The smallest absolute Gasteiger partial charge is 0.129 e. The fourth-order valence-corrected chi connectivity index (χ4v) is 2.49. The Morgan fingerprint density at radius 1 is 1.41 bits per heavy atom. The van der Waals surface area contributed by atoms with Crippen LogP contribution in [0.5, 0.6) is 0 Å². The fourth-order valence-electron chi connectivity index (χ4n) is 1.92. The number of benzene rings is 1. The van der Waals surface area contributed by atoms with Crippen LogP contribution in [0.1, 0.15) is 11.4 Å². The number of aryl methyl sites for hydroxylation is 1. The quantitative estimate of drug-likeness (QED) is 0.789. The Kier molecular flexibility index (Phi) is 2.48. The Morgan fingerprint density at radius 3 is 3.06 bits per heavy atom. The van der Waals surface area contributed by atoms with Crippen LogP contribution in [-0.4, -0.2) is 19.7 Å². The van der Waals surface area contributed by atoms with E-state index >= 15 is 0 Å². The van der Waals surface area contributed by atoms with Gasteiger partial charge in [0.2, 0.25) is 0 Å². The lowest BCUT2D eigenvalue weighted by molar-refractivity contribution is 0.663. The molecule has 86 valence electrons. The van der Waals surface area contributed by atoms with Crippen molar-refractivity contribution in [1.29, 1.82) is 0 Å². The molecule has 0 fully saturated rings. The van der Waals surface area contributed by atoms with E-state index in [0.717, 1.165) is 26.9 Å². The molecule has 0 bridgehead atoms. The molecule has 0 atom stereocenters. The van der Waals surface area contributed by atoms with Crippen LogP contribution in [0.4, 0.5) is 0 Å². The third-order valence-electron chi connectivity index (χ3n) is 2.66. The maximum atomic E-state index is 4.59. The number of nitrogens with one attached hydrogen (secondary N) is 1. The van der Waals surface area contributed by atoms with Gasteiger partial charge in [-0.2, -0.15) is 5.10 Å². The van der Waals surface area contributed by atoms with Gasteiger partial charge in [-0.05, 0) is 30.7 Å². The highest BCUT2D eigenvalue weighted by atomic mass is 79.9. The SMILES string of the molecule is Cc1cc(Br)cc2[nH]c(Cn3cccn3)nc12. The number of fused-ring (bicyclic) bond motifs is 1. The summed E-state index contributed by atoms with van der Waals surface area (Å²) in [6.07, 6.45) is 3.69. The van der Waals surface area contributed by atoms with Gasteiger partial charge < -0.3 is 4.98 Å². The van der Waals surface area contributed by atoms with Crippen molar-refractivity contribution in [2.75, 3.05) is 0 Å². The molecule has 0 unspecified atom stereocenters. The van der Waals surface area contributed by atoms with Crippen molar-refractivity contribution in [3.8, 4) is 0 Å². The molecule has 0 aliphatic rings. The summed E-state index contributed by atoms with van der Waals surface area (Å²) in [7, 11) is 0. The molecule has 4 nitrogen and oxygen atoms in total. The lowest BCUT2D eigenvalue weighted by Crippen LogP contribution is -2.01. The fraction of sp³-hybridized carbons (Fsp3) is 0.167. The molecule has 0 amide bonds. The van der Waals surface area contributed by atoms with Gasteiger partial charge in [0, 0.05) is 16.9 Å². The zero-order valence-corrected chi connectivity index (χ0v) is 10.9. The molecule has 3 rings (SSSR count). The van der Waals surface area contributed by atoms with Crippen LogP contribution >= 0.6 is 15.9 Å². The first-order valence-electron chi connectivity index (χ1n) is 5.34. The summed E-state index contributed by atoms with van der Waals surface area (Å²) in [6.45, 7) is 2.73. The van der Waals surface area contributed by atoms with E-state index in [9.17, 15) is 0 Å². The minimum absolute atomic E-state index is 0.665. The second kappa shape index (κ2) is 4.00. The number of hydrogen-bond acceptors (Lipinski definition) is 2. The van der Waals surface area contributed by atoms with E-state index in [1.807, 2.05) is 23.0 Å². The maximum Gasteiger partial charge on any atom is 0.129 e. The topological polar surface area (TPSA) is 46.5 Å². The summed E-state index contributed by atoms with van der Waals surface area (Å²) in [5, 5.41) is 4.17. The Morgan fingerprint density at radius 2 is 2.29 bits per heavy atom. The summed E-state index contributed by atoms with van der Waals surface area (Å²) in [5.74, 6) is 0.921. The van der Waals surface area contributed by atoms with Gasteiger partial charge in [-0.15, -0.1) is 0 Å². The zero-order chi connectivity index (χ0) is 11.8. The second-order valence-electron chi connectivity index (χ2n) is 4.01. The molecule has 1 aromatic carbocycles. The predicted molar refractivity (Wildman–Crippen MR) is 69.9 cm³/mol. The Hall–Kier alpha value is -1.62. The molecular weight excluding hydrogens is 280 g/mol. The number of nitrogens with zero attached hydrogens (tertiary/aromatic N) is 3. The van der Waals surface area contributed by atoms with Crippen molar-refractivity contribution >= 4 is 27.0 Å². The van der Waals surface area contributed by atoms with Crippen molar-refractivity contribution in [3.63, 3.8) is 0 Å². The van der Waals surface area contributed by atoms with Crippen molar-refractivity contribution < 1.29 is 0 Å². The summed E-state index contributed by atoms with van der Waals surface area (Å²) in [4.78, 5) is 7.90. The van der Waals surface area contributed by atoms with Crippen LogP contribution in [0, 0.1) is 6.92 Å². The highest BCUT2D eigenvalue weighted by molar-refractivity contribution is 9.10. The number of aromatic amines is 1. The minimum Gasteiger partial charge on any atom is -0.340 e. The number of H-pyrrole nitrogens is 1. The van der Waals surface area contributed by atoms with E-state index in [-0.39, 0.29) is 0 Å². The van der Waals surface area contributed by atoms with Crippen LogP contribution in [0.2, 0.25) is 0 Å². The molecular formula is C12H11BrN4. The van der Waals surface area contributed by atoms with E-state index < -0.39 is 0 Å². The highest BCUT2D eigenvalue weighted by Crippen LogP contribution is 2.22. The Balaban J connectivity index is 2.05. The molecule has 0 radical (unpaired) electrons. The van der Waals surface area contributed by atoms with Gasteiger partial charge in [0.15, 0.2) is 0 Å². The lowest BCUT2D eigenvalue weighted by Gasteiger charge is -1.95. The molecule has 0 aliphatic carbocycles. The molecule has 0 aliphatic heterocycles. The third kappa shape index (κ3) is 1.98. The van der Waals surface area contributed by atoms with E-state index in [0.29, 0.717) is 6.54 Å². The molecule has 2 aromatic heterocycles. The highest BCUT2D eigenvalue weighted by Gasteiger charge is 2.06. The molecule has 2 heterocycles. The molecule has 5 heteroatoms. The van der Waals surface area contributed by atoms with Gasteiger partial charge in [-0.25, -0.2) is 4.98 Å². The van der Waals surface area contributed by atoms with Gasteiger partial charge in [0.25, 0.3) is 0 Å². The maximum absolute atomic E-state index is 4.59. The second-order valence-corrected chi connectivity index (χ2v) is 4.92. The first kappa shape index (κ1) is 10.5. The number of hydrogen-bond donors (Lipinski definition) is 1. The van der Waals surface area contributed by atoms with Crippen LogP contribution in [0.15, 0.2) is 35.1 Å². The van der Waals surface area contributed by atoms with Crippen LogP contribution in [0.3, 0.4) is 0 Å². The van der Waals surface area contributed by atoms with Crippen LogP contribution < -0.4 is 0 Å². The summed E-state index contributed by atoms with van der Waals surface area (Å²) >= 11 is 3.49. The number of rotatable bonds is 2. The standard InChI is InChI=1S/C12H11BrN4/c1-8-5-9(13)6-10-12(8)16-11(15-10)7-17-4-2-3-14-17/h2-6H,7H2,1H3,(H,15,16). The van der Waals surface area contributed by atoms with E-state index in [1.54, 1.807) is 6.20 Å². The van der Waals surface area contributed by atoms with E-state index in [1.165, 1.54) is 0 Å². The minimum atomic E-state index is 0.665. The number of aromatic nitrogens is 4. The van der Waals surface area contributed by atoms with Crippen molar-refractivity contribution in [2.45, 2.75) is 13.5 Å². The van der Waals surface area contributed by atoms with Crippen molar-refractivity contribution in [1.82, 2.24) is 19.7 Å². The number of halogens is 1. The zero-order valence-electron chi connectivity index (χ0n) is 9.31. The van der Waals surface area contributed by atoms with Crippen molar-refractivity contribution in [3.05, 3.63) is 46.5 Å². The van der Waals surface area contributed by atoms with Gasteiger partial charge >= 0.3 is 0 Å². The summed E-state index contributed by atoms with van der Waals surface area (Å²) in [5.41, 5.74) is 3.24. The first-order valence-corrected chi connectivity index (χ1v) is 6.14. The van der Waals surface area contributed by atoms with Crippen molar-refractivity contribution in [2.24, 2.45) is 0 Å². The monoisotopic (exact) mass is 290 g/mol. The molecule has 17 heavy (non-hydrogen) atoms.